The SMILES string of the molecule is O=C(O)CC1CN(C(=O)c2cncn2-c2ccccc2)CCO1. The standard InChI is InChI=1S/C16H17N3O4/c20-15(21)8-13-10-18(6-7-23-13)16(22)14-9-17-11-19(14)12-4-2-1-3-5-12/h1-5,9,11,13H,6-8,10H2,(H,20,21). The van der Waals surface area contributed by atoms with Crippen molar-refractivity contribution in [3.63, 3.8) is 0 Å². The minimum atomic E-state index is -0.932. The third kappa shape index (κ3) is 3.40. The average Bonchev–Trinajstić information content (AvgIpc) is 3.04. The maximum absolute atomic E-state index is 12.7. The molecule has 2 heterocycles. The molecule has 2 aromatic rings. The molecular formula is C16H17N3O4. The zero-order valence-electron chi connectivity index (χ0n) is 12.5. The number of imidazole rings is 1. The Morgan fingerprint density at radius 2 is 2.09 bits per heavy atom. The molecule has 23 heavy (non-hydrogen) atoms. The number of carboxylic acids is 1. The summed E-state index contributed by atoms with van der Waals surface area (Å²) >= 11 is 0. The lowest BCUT2D eigenvalue weighted by molar-refractivity contribution is -0.141. The van der Waals surface area contributed by atoms with Gasteiger partial charge in [0.2, 0.25) is 0 Å². The molecule has 3 rings (SSSR count). The smallest absolute Gasteiger partial charge is 0.306 e. The van der Waals surface area contributed by atoms with Crippen LogP contribution in [0.25, 0.3) is 5.69 Å². The Balaban J connectivity index is 1.79. The Labute approximate surface area is 133 Å². The summed E-state index contributed by atoms with van der Waals surface area (Å²) in [6.07, 6.45) is 2.54. The van der Waals surface area contributed by atoms with Crippen LogP contribution in [0, 0.1) is 0 Å². The summed E-state index contributed by atoms with van der Waals surface area (Å²) in [5.74, 6) is -1.11. The largest absolute Gasteiger partial charge is 0.481 e. The number of aromatic nitrogens is 2. The van der Waals surface area contributed by atoms with E-state index in [-0.39, 0.29) is 18.9 Å². The van der Waals surface area contributed by atoms with E-state index in [1.54, 1.807) is 15.8 Å². The van der Waals surface area contributed by atoms with Crippen molar-refractivity contribution in [3.8, 4) is 5.69 Å². The normalized spacial score (nSPS) is 17.9. The number of nitrogens with zero attached hydrogens (tertiary/aromatic N) is 3. The van der Waals surface area contributed by atoms with Gasteiger partial charge in [-0.05, 0) is 12.1 Å². The van der Waals surface area contributed by atoms with Gasteiger partial charge in [0.05, 0.1) is 31.7 Å². The molecular weight excluding hydrogens is 298 g/mol. The highest BCUT2D eigenvalue weighted by molar-refractivity contribution is 5.93. The molecule has 0 bridgehead atoms. The molecule has 1 fully saturated rings. The first kappa shape index (κ1) is 15.2. The molecule has 7 nitrogen and oxygen atoms in total. The van der Waals surface area contributed by atoms with Gasteiger partial charge in [-0.3, -0.25) is 14.2 Å². The number of morpholine rings is 1. The van der Waals surface area contributed by atoms with Gasteiger partial charge < -0.3 is 14.7 Å². The molecule has 1 saturated heterocycles. The van der Waals surface area contributed by atoms with Crippen molar-refractivity contribution in [3.05, 3.63) is 48.5 Å². The van der Waals surface area contributed by atoms with Gasteiger partial charge in [-0.2, -0.15) is 0 Å². The summed E-state index contributed by atoms with van der Waals surface area (Å²) in [7, 11) is 0. The molecule has 1 N–H and O–H groups in total. The van der Waals surface area contributed by atoms with Gasteiger partial charge in [-0.25, -0.2) is 4.98 Å². The topological polar surface area (TPSA) is 84.7 Å². The zero-order chi connectivity index (χ0) is 16.2. The van der Waals surface area contributed by atoms with Crippen molar-refractivity contribution >= 4 is 11.9 Å². The third-order valence-corrected chi connectivity index (χ3v) is 3.72. The van der Waals surface area contributed by atoms with Crippen LogP contribution in [0.4, 0.5) is 0 Å². The van der Waals surface area contributed by atoms with Crippen LogP contribution in [-0.2, 0) is 9.53 Å². The minimum Gasteiger partial charge on any atom is -0.481 e. The molecule has 7 heteroatoms. The first-order chi connectivity index (χ1) is 11.1. The van der Waals surface area contributed by atoms with Gasteiger partial charge in [-0.1, -0.05) is 18.2 Å². The van der Waals surface area contributed by atoms with Crippen LogP contribution < -0.4 is 0 Å². The molecule has 1 aliphatic heterocycles. The predicted octanol–water partition coefficient (Wildman–Crippen LogP) is 1.19. The van der Waals surface area contributed by atoms with Gasteiger partial charge >= 0.3 is 5.97 Å². The summed E-state index contributed by atoms with van der Waals surface area (Å²) in [5, 5.41) is 8.87. The first-order valence-electron chi connectivity index (χ1n) is 7.35. The summed E-state index contributed by atoms with van der Waals surface area (Å²) in [5.41, 5.74) is 1.30. The van der Waals surface area contributed by atoms with Crippen LogP contribution in [0.1, 0.15) is 16.9 Å². The third-order valence-electron chi connectivity index (χ3n) is 3.72. The number of hydrogen-bond acceptors (Lipinski definition) is 4. The molecule has 1 unspecified atom stereocenters. The monoisotopic (exact) mass is 315 g/mol. The fourth-order valence-electron chi connectivity index (χ4n) is 2.63. The number of ether oxygens (including phenoxy) is 1. The van der Waals surface area contributed by atoms with Crippen molar-refractivity contribution < 1.29 is 19.4 Å². The van der Waals surface area contributed by atoms with E-state index in [9.17, 15) is 9.59 Å². The molecule has 0 radical (unpaired) electrons. The predicted molar refractivity (Wildman–Crippen MR) is 81.5 cm³/mol. The van der Waals surface area contributed by atoms with Gasteiger partial charge in [0.1, 0.15) is 5.69 Å². The maximum Gasteiger partial charge on any atom is 0.306 e. The lowest BCUT2D eigenvalue weighted by Crippen LogP contribution is -2.46. The number of rotatable bonds is 4. The summed E-state index contributed by atoms with van der Waals surface area (Å²) in [4.78, 5) is 29.3. The second-order valence-electron chi connectivity index (χ2n) is 5.33. The molecule has 0 saturated carbocycles. The van der Waals surface area contributed by atoms with Crippen molar-refractivity contribution in [1.82, 2.24) is 14.5 Å². The summed E-state index contributed by atoms with van der Waals surface area (Å²) in [6.45, 7) is 1.04. The highest BCUT2D eigenvalue weighted by atomic mass is 16.5. The summed E-state index contributed by atoms with van der Waals surface area (Å²) in [6, 6.07) is 9.47. The van der Waals surface area contributed by atoms with Gasteiger partial charge in [-0.15, -0.1) is 0 Å². The Morgan fingerprint density at radius 3 is 2.83 bits per heavy atom. The molecule has 1 aromatic carbocycles. The van der Waals surface area contributed by atoms with Gasteiger partial charge in [0.15, 0.2) is 0 Å². The Hall–Kier alpha value is -2.67. The number of benzene rings is 1. The Morgan fingerprint density at radius 1 is 1.30 bits per heavy atom. The molecule has 120 valence electrons. The zero-order valence-corrected chi connectivity index (χ0v) is 12.5. The van der Waals surface area contributed by atoms with Crippen molar-refractivity contribution in [2.75, 3.05) is 19.7 Å². The number of carboxylic acid groups (broad SMARTS) is 1. The second kappa shape index (κ2) is 6.62. The number of aliphatic carboxylic acids is 1. The average molecular weight is 315 g/mol. The number of carbonyl (C=O) groups is 2. The molecule has 1 aliphatic rings. The second-order valence-corrected chi connectivity index (χ2v) is 5.33. The van der Waals surface area contributed by atoms with E-state index in [4.69, 9.17) is 9.84 Å². The van der Waals surface area contributed by atoms with E-state index in [1.165, 1.54) is 6.20 Å². The molecule has 1 atom stereocenters. The van der Waals surface area contributed by atoms with Crippen LogP contribution in [0.15, 0.2) is 42.9 Å². The van der Waals surface area contributed by atoms with Gasteiger partial charge in [0, 0.05) is 18.8 Å². The van der Waals surface area contributed by atoms with Crippen LogP contribution >= 0.6 is 0 Å². The van der Waals surface area contributed by atoms with Crippen LogP contribution in [0.2, 0.25) is 0 Å². The first-order valence-corrected chi connectivity index (χ1v) is 7.35. The van der Waals surface area contributed by atoms with Crippen molar-refractivity contribution in [2.45, 2.75) is 12.5 Å². The van der Waals surface area contributed by atoms with Crippen molar-refractivity contribution in [1.29, 1.82) is 0 Å². The van der Waals surface area contributed by atoms with E-state index >= 15 is 0 Å². The van der Waals surface area contributed by atoms with Crippen LogP contribution in [0.3, 0.4) is 0 Å². The highest BCUT2D eigenvalue weighted by Gasteiger charge is 2.28. The number of hydrogen-bond donors (Lipinski definition) is 1. The lowest BCUT2D eigenvalue weighted by atomic mass is 10.2. The quantitative estimate of drug-likeness (QED) is 0.916. The number of amides is 1. The molecule has 0 aliphatic carbocycles. The van der Waals surface area contributed by atoms with E-state index in [0.717, 1.165) is 5.69 Å². The van der Waals surface area contributed by atoms with E-state index in [0.29, 0.717) is 18.8 Å². The van der Waals surface area contributed by atoms with Crippen LogP contribution in [0.5, 0.6) is 0 Å². The maximum atomic E-state index is 12.7. The molecule has 0 spiro atoms. The Kier molecular flexibility index (Phi) is 4.38. The van der Waals surface area contributed by atoms with Crippen LogP contribution in [-0.4, -0.2) is 57.2 Å². The van der Waals surface area contributed by atoms with Crippen molar-refractivity contribution in [2.24, 2.45) is 0 Å². The van der Waals surface area contributed by atoms with E-state index in [2.05, 4.69) is 4.98 Å². The summed E-state index contributed by atoms with van der Waals surface area (Å²) < 4.78 is 7.13. The number of para-hydroxylation sites is 1. The fourth-order valence-corrected chi connectivity index (χ4v) is 2.63. The van der Waals surface area contributed by atoms with E-state index < -0.39 is 12.1 Å². The molecule has 1 amide bonds. The fraction of sp³-hybridized carbons (Fsp3) is 0.312. The Bertz CT molecular complexity index is 698. The molecule has 1 aromatic heterocycles. The number of carbonyl (C=O) groups excluding carboxylic acids is 1. The highest BCUT2D eigenvalue weighted by Crippen LogP contribution is 2.16. The van der Waals surface area contributed by atoms with E-state index in [1.807, 2.05) is 30.3 Å². The minimum absolute atomic E-state index is 0.109. The van der Waals surface area contributed by atoms with Gasteiger partial charge in [0.25, 0.3) is 5.91 Å². The lowest BCUT2D eigenvalue weighted by Gasteiger charge is -2.32.